The summed E-state index contributed by atoms with van der Waals surface area (Å²) in [6.07, 6.45) is 3.04. The number of amidine groups is 1. The molecule has 5 nitrogen and oxygen atoms in total. The first-order chi connectivity index (χ1) is 9.74. The molecule has 21 heavy (non-hydrogen) atoms. The molecule has 5 N–H and O–H groups in total. The number of nitrogens with two attached hydrogens (primary N) is 2. The van der Waals surface area contributed by atoms with Crippen LogP contribution in [0.25, 0.3) is 0 Å². The first kappa shape index (κ1) is 16.1. The molecule has 2 rings (SSSR count). The summed E-state index contributed by atoms with van der Waals surface area (Å²) >= 11 is 0. The average Bonchev–Trinajstić information content (AvgIpc) is 2.37. The van der Waals surface area contributed by atoms with Crippen LogP contribution >= 0.6 is 0 Å². The lowest BCUT2D eigenvalue weighted by Gasteiger charge is -2.44. The van der Waals surface area contributed by atoms with Crippen molar-refractivity contribution in [1.82, 2.24) is 5.32 Å². The Labute approximate surface area is 123 Å². The molecule has 2 saturated carbocycles. The van der Waals surface area contributed by atoms with E-state index < -0.39 is 17.4 Å². The van der Waals surface area contributed by atoms with Crippen LogP contribution in [0.4, 0.5) is 13.6 Å². The highest BCUT2D eigenvalue weighted by molar-refractivity contribution is 5.96. The molecule has 7 heteroatoms. The lowest BCUT2D eigenvalue weighted by atomic mass is 9.66. The molecule has 0 aliphatic heterocycles. The van der Waals surface area contributed by atoms with Crippen molar-refractivity contribution in [2.24, 2.45) is 27.8 Å². The molecule has 2 aliphatic rings. The van der Waals surface area contributed by atoms with Crippen molar-refractivity contribution in [3.63, 3.8) is 0 Å². The van der Waals surface area contributed by atoms with Gasteiger partial charge in [-0.15, -0.1) is 0 Å². The number of nitrogens with one attached hydrogen (secondary N) is 1. The zero-order valence-electron chi connectivity index (χ0n) is 12.4. The Kier molecular flexibility index (Phi) is 4.51. The summed E-state index contributed by atoms with van der Waals surface area (Å²) in [5, 5.41) is 2.80. The predicted molar refractivity (Wildman–Crippen MR) is 77.2 cm³/mol. The van der Waals surface area contributed by atoms with Crippen LogP contribution in [0.15, 0.2) is 4.99 Å². The van der Waals surface area contributed by atoms with Gasteiger partial charge < -0.3 is 16.8 Å². The van der Waals surface area contributed by atoms with E-state index in [1.165, 1.54) is 0 Å². The third-order valence-corrected chi connectivity index (χ3v) is 4.65. The van der Waals surface area contributed by atoms with Gasteiger partial charge in [-0.1, -0.05) is 6.92 Å². The highest BCUT2D eigenvalue weighted by atomic mass is 19.3. The molecule has 0 unspecified atom stereocenters. The second-order valence-corrected chi connectivity index (χ2v) is 6.67. The molecule has 0 atom stereocenters. The quantitative estimate of drug-likeness (QED) is 0.550. The van der Waals surface area contributed by atoms with Gasteiger partial charge in [-0.05, 0) is 38.1 Å². The summed E-state index contributed by atoms with van der Waals surface area (Å²) in [4.78, 5) is 15.6. The molecule has 2 amide bonds. The van der Waals surface area contributed by atoms with Gasteiger partial charge >= 0.3 is 6.03 Å². The highest BCUT2D eigenvalue weighted by Crippen LogP contribution is 2.51. The molecule has 2 fully saturated rings. The van der Waals surface area contributed by atoms with Crippen LogP contribution in [0, 0.1) is 11.3 Å². The van der Waals surface area contributed by atoms with Crippen molar-refractivity contribution >= 4 is 11.9 Å². The van der Waals surface area contributed by atoms with E-state index >= 15 is 0 Å². The van der Waals surface area contributed by atoms with Gasteiger partial charge in [0.05, 0.1) is 0 Å². The molecule has 0 bridgehead atoms. The van der Waals surface area contributed by atoms with Gasteiger partial charge in [0, 0.05) is 24.3 Å². The molecule has 0 spiro atoms. The van der Waals surface area contributed by atoms with E-state index in [9.17, 15) is 13.6 Å². The Morgan fingerprint density at radius 2 is 1.86 bits per heavy atom. The van der Waals surface area contributed by atoms with Gasteiger partial charge in [-0.3, -0.25) is 0 Å². The van der Waals surface area contributed by atoms with Gasteiger partial charge in [-0.2, -0.15) is 4.99 Å². The summed E-state index contributed by atoms with van der Waals surface area (Å²) in [6.45, 7) is 2.29. The van der Waals surface area contributed by atoms with Crippen LogP contribution in [0.2, 0.25) is 0 Å². The number of nitrogens with zero attached hydrogens (tertiary/aromatic N) is 1. The molecule has 0 heterocycles. The number of amides is 2. The number of hydrogen-bond acceptors (Lipinski definition) is 2. The third-order valence-electron chi connectivity index (χ3n) is 4.65. The maximum absolute atomic E-state index is 13.0. The van der Waals surface area contributed by atoms with Gasteiger partial charge in [0.15, 0.2) is 0 Å². The lowest BCUT2D eigenvalue weighted by Crippen LogP contribution is -2.52. The third kappa shape index (κ3) is 3.90. The molecule has 0 saturated heterocycles. The maximum atomic E-state index is 13.0. The van der Waals surface area contributed by atoms with E-state index in [-0.39, 0.29) is 24.7 Å². The smallest absolute Gasteiger partial charge is 0.342 e. The van der Waals surface area contributed by atoms with E-state index in [0.29, 0.717) is 12.5 Å². The van der Waals surface area contributed by atoms with E-state index in [1.54, 1.807) is 6.92 Å². The Bertz CT molecular complexity index is 423. The SMILES string of the molecule is CC1(/C(N)=N/C(=O)NC2CCC(CN)CC2)CC(F)(F)C1. The summed E-state index contributed by atoms with van der Waals surface area (Å²) in [5.74, 6) is -2.16. The summed E-state index contributed by atoms with van der Waals surface area (Å²) in [6, 6.07) is -0.451. The molecular formula is C14H24F2N4O. The standard InChI is InChI=1S/C14H24F2N4O/c1-13(7-14(15,16)8-13)11(18)20-12(21)19-10-4-2-9(6-17)3-5-10/h9-10H,2-8,17H2,1H3,(H3,18,19,20,21). The van der Waals surface area contributed by atoms with Crippen LogP contribution in [0.1, 0.15) is 45.4 Å². The molecule has 0 aromatic rings. The van der Waals surface area contributed by atoms with Crippen LogP contribution in [0.3, 0.4) is 0 Å². The number of carbonyl (C=O) groups is 1. The van der Waals surface area contributed by atoms with Crippen molar-refractivity contribution in [2.45, 2.75) is 57.4 Å². The maximum Gasteiger partial charge on any atom is 0.342 e. The number of alkyl halides is 2. The van der Waals surface area contributed by atoms with E-state index in [4.69, 9.17) is 11.5 Å². The minimum atomic E-state index is -2.69. The molecule has 0 radical (unpaired) electrons. The molecule has 120 valence electrons. The summed E-state index contributed by atoms with van der Waals surface area (Å²) in [7, 11) is 0. The first-order valence-corrected chi connectivity index (χ1v) is 7.47. The Hall–Kier alpha value is -1.24. The molecule has 0 aromatic heterocycles. The fraction of sp³-hybridized carbons (Fsp3) is 0.857. The summed E-state index contributed by atoms with van der Waals surface area (Å²) < 4.78 is 25.9. The molecular weight excluding hydrogens is 278 g/mol. The van der Waals surface area contributed by atoms with E-state index in [1.807, 2.05) is 0 Å². The Balaban J connectivity index is 1.83. The van der Waals surface area contributed by atoms with Crippen molar-refractivity contribution < 1.29 is 13.6 Å². The minimum Gasteiger partial charge on any atom is -0.387 e. The monoisotopic (exact) mass is 302 g/mol. The molecule has 0 aromatic carbocycles. The molecule has 2 aliphatic carbocycles. The predicted octanol–water partition coefficient (Wildman–Crippen LogP) is 2.01. The van der Waals surface area contributed by atoms with Crippen LogP contribution in [-0.4, -0.2) is 30.4 Å². The van der Waals surface area contributed by atoms with Gasteiger partial charge in [0.2, 0.25) is 5.92 Å². The zero-order valence-corrected chi connectivity index (χ0v) is 12.4. The lowest BCUT2D eigenvalue weighted by molar-refractivity contribution is -0.127. The second-order valence-electron chi connectivity index (χ2n) is 6.67. The van der Waals surface area contributed by atoms with Crippen LogP contribution in [-0.2, 0) is 0 Å². The topological polar surface area (TPSA) is 93.5 Å². The van der Waals surface area contributed by atoms with Crippen molar-refractivity contribution in [3.05, 3.63) is 0 Å². The van der Waals surface area contributed by atoms with Gasteiger partial charge in [-0.25, -0.2) is 13.6 Å². The fourth-order valence-corrected chi connectivity index (χ4v) is 3.26. The number of hydrogen-bond donors (Lipinski definition) is 3. The van der Waals surface area contributed by atoms with E-state index in [0.717, 1.165) is 25.7 Å². The van der Waals surface area contributed by atoms with E-state index in [2.05, 4.69) is 10.3 Å². The number of halogens is 2. The summed E-state index contributed by atoms with van der Waals surface area (Å²) in [5.41, 5.74) is 10.5. The Morgan fingerprint density at radius 3 is 2.33 bits per heavy atom. The Morgan fingerprint density at radius 1 is 1.29 bits per heavy atom. The largest absolute Gasteiger partial charge is 0.387 e. The number of carbonyl (C=O) groups excluding carboxylic acids is 1. The number of rotatable bonds is 3. The van der Waals surface area contributed by atoms with Crippen molar-refractivity contribution in [2.75, 3.05) is 6.54 Å². The van der Waals surface area contributed by atoms with Crippen molar-refractivity contribution in [1.29, 1.82) is 0 Å². The van der Waals surface area contributed by atoms with Crippen LogP contribution in [0.5, 0.6) is 0 Å². The second kappa shape index (κ2) is 5.87. The number of urea groups is 1. The van der Waals surface area contributed by atoms with Gasteiger partial charge in [0.1, 0.15) is 5.84 Å². The van der Waals surface area contributed by atoms with Crippen LogP contribution < -0.4 is 16.8 Å². The number of aliphatic imine (C=N–C) groups is 1. The zero-order chi connectivity index (χ0) is 15.7. The van der Waals surface area contributed by atoms with Gasteiger partial charge in [0.25, 0.3) is 0 Å². The normalized spacial score (nSPS) is 31.3. The fourth-order valence-electron chi connectivity index (χ4n) is 3.26. The highest BCUT2D eigenvalue weighted by Gasteiger charge is 2.56. The van der Waals surface area contributed by atoms with Crippen molar-refractivity contribution in [3.8, 4) is 0 Å². The average molecular weight is 302 g/mol. The minimum absolute atomic E-state index is 0.00145. The first-order valence-electron chi connectivity index (χ1n) is 7.47.